The van der Waals surface area contributed by atoms with Crippen LogP contribution in [0.4, 0.5) is 0 Å². The Labute approximate surface area is 116 Å². The van der Waals surface area contributed by atoms with Crippen LogP contribution < -0.4 is 5.32 Å². The molecule has 1 aromatic rings. The van der Waals surface area contributed by atoms with Crippen molar-refractivity contribution in [3.05, 3.63) is 35.9 Å². The highest BCUT2D eigenvalue weighted by atomic mass is 16.5. The van der Waals surface area contributed by atoms with E-state index in [0.29, 0.717) is 12.1 Å². The molecule has 1 N–H and O–H groups in total. The second-order valence-electron chi connectivity index (χ2n) is 6.21. The number of hydrogen-bond donors (Lipinski definition) is 1. The zero-order valence-corrected chi connectivity index (χ0v) is 11.9. The standard InChI is InChI=1S/C17H25NO/c1-14(15-7-3-2-4-8-15)18-13-16-9-12-17(19-16)10-5-6-11-17/h2-4,7-8,14,16,18H,5-6,9-13H2,1H3. The molecule has 1 heterocycles. The Bertz CT molecular complexity index is 397. The van der Waals surface area contributed by atoms with Gasteiger partial charge in [0.2, 0.25) is 0 Å². The number of ether oxygens (including phenoxy) is 1. The minimum Gasteiger partial charge on any atom is -0.370 e. The smallest absolute Gasteiger partial charge is 0.0708 e. The van der Waals surface area contributed by atoms with Crippen LogP contribution in [0, 0.1) is 0 Å². The van der Waals surface area contributed by atoms with Crippen molar-refractivity contribution < 1.29 is 4.74 Å². The molecule has 0 radical (unpaired) electrons. The van der Waals surface area contributed by atoms with Gasteiger partial charge in [0.1, 0.15) is 0 Å². The van der Waals surface area contributed by atoms with Crippen LogP contribution >= 0.6 is 0 Å². The van der Waals surface area contributed by atoms with Gasteiger partial charge in [0.15, 0.2) is 0 Å². The first-order chi connectivity index (χ1) is 9.27. The van der Waals surface area contributed by atoms with Gasteiger partial charge in [-0.15, -0.1) is 0 Å². The minimum absolute atomic E-state index is 0.266. The Hall–Kier alpha value is -0.860. The summed E-state index contributed by atoms with van der Waals surface area (Å²) >= 11 is 0. The van der Waals surface area contributed by atoms with E-state index in [0.717, 1.165) is 6.54 Å². The molecule has 2 unspecified atom stereocenters. The van der Waals surface area contributed by atoms with Gasteiger partial charge in [-0.1, -0.05) is 43.2 Å². The molecule has 1 aliphatic carbocycles. The molecule has 0 amide bonds. The average Bonchev–Trinajstić information content (AvgIpc) is 3.08. The van der Waals surface area contributed by atoms with Gasteiger partial charge in [0.05, 0.1) is 11.7 Å². The molecule has 1 saturated carbocycles. The van der Waals surface area contributed by atoms with Crippen LogP contribution in [0.3, 0.4) is 0 Å². The van der Waals surface area contributed by atoms with E-state index >= 15 is 0 Å². The zero-order chi connectivity index (χ0) is 13.1. The van der Waals surface area contributed by atoms with Crippen molar-refractivity contribution in [1.29, 1.82) is 0 Å². The largest absolute Gasteiger partial charge is 0.370 e. The highest BCUT2D eigenvalue weighted by Gasteiger charge is 2.41. The summed E-state index contributed by atoms with van der Waals surface area (Å²) in [5.41, 5.74) is 1.62. The van der Waals surface area contributed by atoms with Gasteiger partial charge < -0.3 is 10.1 Å². The monoisotopic (exact) mass is 259 g/mol. The first-order valence-electron chi connectivity index (χ1n) is 7.74. The third-order valence-electron chi connectivity index (χ3n) is 4.80. The predicted molar refractivity (Wildman–Crippen MR) is 78.2 cm³/mol. The van der Waals surface area contributed by atoms with E-state index in [2.05, 4.69) is 42.6 Å². The van der Waals surface area contributed by atoms with E-state index in [9.17, 15) is 0 Å². The molecular weight excluding hydrogens is 234 g/mol. The maximum Gasteiger partial charge on any atom is 0.0708 e. The lowest BCUT2D eigenvalue weighted by atomic mass is 9.98. The first kappa shape index (κ1) is 13.1. The molecule has 1 aromatic carbocycles. The van der Waals surface area contributed by atoms with Crippen LogP contribution in [0.2, 0.25) is 0 Å². The summed E-state index contributed by atoms with van der Waals surface area (Å²) in [7, 11) is 0. The van der Waals surface area contributed by atoms with Crippen molar-refractivity contribution in [1.82, 2.24) is 5.32 Å². The molecule has 2 heteroatoms. The van der Waals surface area contributed by atoms with E-state index < -0.39 is 0 Å². The van der Waals surface area contributed by atoms with Crippen LogP contribution in [0.25, 0.3) is 0 Å². The molecule has 1 spiro atoms. The molecule has 2 atom stereocenters. The Balaban J connectivity index is 1.48. The van der Waals surface area contributed by atoms with Crippen molar-refractivity contribution >= 4 is 0 Å². The van der Waals surface area contributed by atoms with Crippen LogP contribution in [-0.2, 0) is 4.74 Å². The molecule has 1 aliphatic heterocycles. The van der Waals surface area contributed by atoms with E-state index in [4.69, 9.17) is 4.74 Å². The quantitative estimate of drug-likeness (QED) is 0.887. The lowest BCUT2D eigenvalue weighted by Crippen LogP contribution is -2.32. The molecule has 104 valence electrons. The van der Waals surface area contributed by atoms with Crippen molar-refractivity contribution in [2.75, 3.05) is 6.54 Å². The third-order valence-corrected chi connectivity index (χ3v) is 4.80. The number of hydrogen-bond acceptors (Lipinski definition) is 2. The summed E-state index contributed by atoms with van der Waals surface area (Å²) in [6, 6.07) is 11.1. The molecule has 19 heavy (non-hydrogen) atoms. The second kappa shape index (κ2) is 5.64. The van der Waals surface area contributed by atoms with Crippen LogP contribution in [0.15, 0.2) is 30.3 Å². The van der Waals surface area contributed by atoms with E-state index in [1.807, 2.05) is 0 Å². The van der Waals surface area contributed by atoms with Gasteiger partial charge in [-0.3, -0.25) is 0 Å². The molecule has 3 rings (SSSR count). The van der Waals surface area contributed by atoms with Gasteiger partial charge >= 0.3 is 0 Å². The number of rotatable bonds is 4. The van der Waals surface area contributed by atoms with Crippen LogP contribution in [-0.4, -0.2) is 18.2 Å². The summed E-state index contributed by atoms with van der Waals surface area (Å²) in [4.78, 5) is 0. The zero-order valence-electron chi connectivity index (χ0n) is 11.9. The van der Waals surface area contributed by atoms with Gasteiger partial charge in [0.25, 0.3) is 0 Å². The molecule has 0 aromatic heterocycles. The van der Waals surface area contributed by atoms with Crippen LogP contribution in [0.5, 0.6) is 0 Å². The van der Waals surface area contributed by atoms with Crippen molar-refractivity contribution in [2.45, 2.75) is 63.2 Å². The lowest BCUT2D eigenvalue weighted by Gasteiger charge is -2.24. The number of nitrogens with one attached hydrogen (secondary N) is 1. The second-order valence-corrected chi connectivity index (χ2v) is 6.21. The lowest BCUT2D eigenvalue weighted by molar-refractivity contribution is -0.0357. The number of benzene rings is 1. The minimum atomic E-state index is 0.266. The Morgan fingerprint density at radius 1 is 1.21 bits per heavy atom. The fourth-order valence-corrected chi connectivity index (χ4v) is 3.59. The Morgan fingerprint density at radius 2 is 1.95 bits per heavy atom. The Morgan fingerprint density at radius 3 is 2.68 bits per heavy atom. The fraction of sp³-hybridized carbons (Fsp3) is 0.647. The first-order valence-corrected chi connectivity index (χ1v) is 7.74. The maximum atomic E-state index is 6.33. The van der Waals surface area contributed by atoms with Crippen molar-refractivity contribution in [3.8, 4) is 0 Å². The summed E-state index contributed by atoms with van der Waals surface area (Å²) in [5.74, 6) is 0. The predicted octanol–water partition coefficient (Wildman–Crippen LogP) is 3.83. The van der Waals surface area contributed by atoms with Crippen LogP contribution in [0.1, 0.15) is 57.1 Å². The fourth-order valence-electron chi connectivity index (χ4n) is 3.59. The average molecular weight is 259 g/mol. The van der Waals surface area contributed by atoms with Crippen molar-refractivity contribution in [2.24, 2.45) is 0 Å². The highest BCUT2D eigenvalue weighted by Crippen LogP contribution is 2.43. The molecule has 2 fully saturated rings. The highest BCUT2D eigenvalue weighted by molar-refractivity contribution is 5.18. The van der Waals surface area contributed by atoms with Gasteiger partial charge in [-0.2, -0.15) is 0 Å². The molecular formula is C17H25NO. The third kappa shape index (κ3) is 3.01. The maximum absolute atomic E-state index is 6.33. The molecule has 2 aliphatic rings. The Kier molecular flexibility index (Phi) is 3.90. The molecule has 2 nitrogen and oxygen atoms in total. The van der Waals surface area contributed by atoms with Gasteiger partial charge in [-0.25, -0.2) is 0 Å². The SMILES string of the molecule is CC(NCC1CCC2(CCCC2)O1)c1ccccc1. The van der Waals surface area contributed by atoms with Gasteiger partial charge in [0, 0.05) is 12.6 Å². The normalized spacial score (nSPS) is 26.9. The molecule has 1 saturated heterocycles. The van der Waals surface area contributed by atoms with E-state index in [1.54, 1.807) is 0 Å². The topological polar surface area (TPSA) is 21.3 Å². The van der Waals surface area contributed by atoms with E-state index in [1.165, 1.54) is 44.1 Å². The summed E-state index contributed by atoms with van der Waals surface area (Å²) < 4.78 is 6.33. The summed E-state index contributed by atoms with van der Waals surface area (Å²) in [6.45, 7) is 3.22. The summed E-state index contributed by atoms with van der Waals surface area (Å²) in [5, 5.41) is 3.62. The van der Waals surface area contributed by atoms with Crippen molar-refractivity contribution in [3.63, 3.8) is 0 Å². The van der Waals surface area contributed by atoms with Gasteiger partial charge in [-0.05, 0) is 38.2 Å². The molecule has 0 bridgehead atoms. The summed E-state index contributed by atoms with van der Waals surface area (Å²) in [6.07, 6.45) is 8.23. The van der Waals surface area contributed by atoms with E-state index in [-0.39, 0.29) is 5.60 Å².